The van der Waals surface area contributed by atoms with Gasteiger partial charge in [0.05, 0.1) is 7.05 Å². The Kier molecular flexibility index (Phi) is 5.36. The normalized spacial score (nSPS) is 11.9. The number of carbonyl (C=O) groups is 2. The summed E-state index contributed by atoms with van der Waals surface area (Å²) in [6.07, 6.45) is 2.21. The number of aliphatic carboxylic acids is 1. The molecule has 2 amide bonds. The number of aromatic nitrogens is 4. The molecule has 0 saturated carbocycles. The third-order valence-corrected chi connectivity index (χ3v) is 2.59. The van der Waals surface area contributed by atoms with E-state index in [2.05, 4.69) is 26.0 Å². The molecule has 10 heteroatoms. The highest BCUT2D eigenvalue weighted by Crippen LogP contribution is 2.01. The van der Waals surface area contributed by atoms with Gasteiger partial charge in [-0.15, -0.1) is 5.10 Å². The fourth-order valence-electron chi connectivity index (χ4n) is 1.12. The molecule has 9 nitrogen and oxygen atoms in total. The Hall–Kier alpha value is -1.84. The van der Waals surface area contributed by atoms with Crippen molar-refractivity contribution in [3.63, 3.8) is 0 Å². The third-order valence-electron chi connectivity index (χ3n) is 1.95. The first kappa shape index (κ1) is 14.2. The van der Waals surface area contributed by atoms with Crippen LogP contribution in [0.2, 0.25) is 0 Å². The lowest BCUT2D eigenvalue weighted by Gasteiger charge is -2.13. The molecule has 0 saturated heterocycles. The van der Waals surface area contributed by atoms with Crippen LogP contribution in [-0.4, -0.2) is 55.4 Å². The molecule has 100 valence electrons. The molecule has 0 aliphatic heterocycles. The lowest BCUT2D eigenvalue weighted by Crippen LogP contribution is -2.43. The fourth-order valence-corrected chi connectivity index (χ4v) is 1.59. The third kappa shape index (κ3) is 4.57. The van der Waals surface area contributed by atoms with Crippen molar-refractivity contribution in [2.45, 2.75) is 12.5 Å². The van der Waals surface area contributed by atoms with Crippen molar-refractivity contribution in [2.24, 2.45) is 7.05 Å². The number of anilines is 1. The average molecular weight is 274 g/mol. The SMILES string of the molecule is CSCC[C@H](NC(=O)Nc1nnn(C)n1)C(=O)O. The van der Waals surface area contributed by atoms with E-state index in [1.54, 1.807) is 7.05 Å². The van der Waals surface area contributed by atoms with E-state index >= 15 is 0 Å². The maximum atomic E-state index is 11.5. The lowest BCUT2D eigenvalue weighted by atomic mass is 10.2. The van der Waals surface area contributed by atoms with Crippen LogP contribution < -0.4 is 10.6 Å². The minimum absolute atomic E-state index is 0.0176. The van der Waals surface area contributed by atoms with E-state index < -0.39 is 18.0 Å². The Bertz CT molecular complexity index is 423. The van der Waals surface area contributed by atoms with Crippen molar-refractivity contribution in [1.29, 1.82) is 0 Å². The number of nitrogens with one attached hydrogen (secondary N) is 2. The van der Waals surface area contributed by atoms with Crippen LogP contribution in [0.25, 0.3) is 0 Å². The predicted molar refractivity (Wildman–Crippen MR) is 65.4 cm³/mol. The van der Waals surface area contributed by atoms with Gasteiger partial charge in [-0.2, -0.15) is 16.6 Å². The quantitative estimate of drug-likeness (QED) is 0.641. The summed E-state index contributed by atoms with van der Waals surface area (Å²) in [5.41, 5.74) is 0. The summed E-state index contributed by atoms with van der Waals surface area (Å²) in [6, 6.07) is -1.61. The Balaban J connectivity index is 2.48. The molecule has 1 heterocycles. The molecular formula is C8H14N6O3S. The lowest BCUT2D eigenvalue weighted by molar-refractivity contribution is -0.139. The predicted octanol–water partition coefficient (Wildman–Crippen LogP) is -0.462. The second-order valence-corrected chi connectivity index (χ2v) is 4.36. The van der Waals surface area contributed by atoms with Gasteiger partial charge in [0, 0.05) is 0 Å². The zero-order valence-electron chi connectivity index (χ0n) is 9.95. The van der Waals surface area contributed by atoms with Gasteiger partial charge in [0.15, 0.2) is 0 Å². The first-order valence-electron chi connectivity index (χ1n) is 5.06. The molecule has 1 aromatic rings. The van der Waals surface area contributed by atoms with Crippen molar-refractivity contribution in [3.05, 3.63) is 0 Å². The smallest absolute Gasteiger partial charge is 0.326 e. The minimum atomic E-state index is -1.08. The van der Waals surface area contributed by atoms with Gasteiger partial charge in [0.1, 0.15) is 6.04 Å². The molecule has 1 aromatic heterocycles. The van der Waals surface area contributed by atoms with Crippen molar-refractivity contribution in [3.8, 4) is 0 Å². The van der Waals surface area contributed by atoms with Crippen LogP contribution in [0.3, 0.4) is 0 Å². The molecule has 0 unspecified atom stereocenters. The first-order chi connectivity index (χ1) is 8.52. The molecule has 0 radical (unpaired) electrons. The number of aryl methyl sites for hydroxylation is 1. The van der Waals surface area contributed by atoms with Gasteiger partial charge in [-0.3, -0.25) is 5.32 Å². The van der Waals surface area contributed by atoms with Gasteiger partial charge in [0.2, 0.25) is 0 Å². The summed E-state index contributed by atoms with van der Waals surface area (Å²) in [5.74, 6) is -0.420. The van der Waals surface area contributed by atoms with Gasteiger partial charge in [-0.25, -0.2) is 9.59 Å². The number of carbonyl (C=O) groups excluding carboxylic acids is 1. The van der Waals surface area contributed by atoms with E-state index in [1.807, 2.05) is 6.26 Å². The second-order valence-electron chi connectivity index (χ2n) is 3.37. The maximum absolute atomic E-state index is 11.5. The maximum Gasteiger partial charge on any atom is 0.326 e. The number of rotatable bonds is 6. The van der Waals surface area contributed by atoms with Crippen LogP contribution in [-0.2, 0) is 11.8 Å². The monoisotopic (exact) mass is 274 g/mol. The van der Waals surface area contributed by atoms with E-state index in [9.17, 15) is 9.59 Å². The Morgan fingerprint density at radius 3 is 2.78 bits per heavy atom. The molecule has 1 atom stereocenters. The van der Waals surface area contributed by atoms with Crippen LogP contribution in [0, 0.1) is 0 Å². The van der Waals surface area contributed by atoms with Crippen LogP contribution in [0.4, 0.5) is 10.7 Å². The number of thioether (sulfide) groups is 1. The number of amides is 2. The number of tetrazole rings is 1. The zero-order valence-corrected chi connectivity index (χ0v) is 10.8. The molecule has 0 aromatic carbocycles. The fraction of sp³-hybridized carbons (Fsp3) is 0.625. The van der Waals surface area contributed by atoms with Crippen molar-refractivity contribution < 1.29 is 14.7 Å². The van der Waals surface area contributed by atoms with Crippen molar-refractivity contribution >= 4 is 29.7 Å². The number of urea groups is 1. The number of nitrogens with zero attached hydrogens (tertiary/aromatic N) is 4. The molecule has 3 N–H and O–H groups in total. The number of hydrogen-bond acceptors (Lipinski definition) is 6. The van der Waals surface area contributed by atoms with Gasteiger partial charge in [-0.1, -0.05) is 5.10 Å². The summed E-state index contributed by atoms with van der Waals surface area (Å²) >= 11 is 1.51. The minimum Gasteiger partial charge on any atom is -0.480 e. The summed E-state index contributed by atoms with van der Waals surface area (Å²) in [7, 11) is 1.55. The number of hydrogen-bond donors (Lipinski definition) is 3. The molecule has 0 aliphatic rings. The largest absolute Gasteiger partial charge is 0.480 e. The Labute approximate surface area is 107 Å². The summed E-state index contributed by atoms with van der Waals surface area (Å²) in [6.45, 7) is 0. The van der Waals surface area contributed by atoms with Crippen LogP contribution in [0.15, 0.2) is 0 Å². The average Bonchev–Trinajstić information content (AvgIpc) is 2.69. The van der Waals surface area contributed by atoms with E-state index in [0.29, 0.717) is 12.2 Å². The van der Waals surface area contributed by atoms with Crippen LogP contribution >= 0.6 is 11.8 Å². The van der Waals surface area contributed by atoms with E-state index in [1.165, 1.54) is 16.6 Å². The highest BCUT2D eigenvalue weighted by Gasteiger charge is 2.19. The molecule has 18 heavy (non-hydrogen) atoms. The van der Waals surface area contributed by atoms with Gasteiger partial charge < -0.3 is 10.4 Å². The van der Waals surface area contributed by atoms with E-state index in [-0.39, 0.29) is 5.95 Å². The topological polar surface area (TPSA) is 122 Å². The van der Waals surface area contributed by atoms with Crippen molar-refractivity contribution in [1.82, 2.24) is 25.5 Å². The molecule has 0 bridgehead atoms. The second kappa shape index (κ2) is 6.79. The molecule has 1 rings (SSSR count). The first-order valence-corrected chi connectivity index (χ1v) is 6.45. The zero-order chi connectivity index (χ0) is 13.5. The Morgan fingerprint density at radius 1 is 1.56 bits per heavy atom. The highest BCUT2D eigenvalue weighted by atomic mass is 32.2. The molecule has 0 spiro atoms. The summed E-state index contributed by atoms with van der Waals surface area (Å²) in [5, 5.41) is 24.4. The van der Waals surface area contributed by atoms with E-state index in [0.717, 1.165) is 0 Å². The van der Waals surface area contributed by atoms with Crippen molar-refractivity contribution in [2.75, 3.05) is 17.3 Å². The molecular weight excluding hydrogens is 260 g/mol. The molecule has 0 fully saturated rings. The standard InChI is InChI=1S/C8H14N6O3S/c1-14-12-7(11-13-14)10-8(17)9-5(6(15)16)3-4-18-2/h5H,3-4H2,1-2H3,(H,15,16)(H2,9,10,12,17)/t5-/m0/s1. The Morgan fingerprint density at radius 2 is 2.28 bits per heavy atom. The molecule has 0 aliphatic carbocycles. The number of carboxylic acids is 1. The van der Waals surface area contributed by atoms with Gasteiger partial charge >= 0.3 is 12.0 Å². The highest BCUT2D eigenvalue weighted by molar-refractivity contribution is 7.98. The van der Waals surface area contributed by atoms with Crippen LogP contribution in [0.1, 0.15) is 6.42 Å². The van der Waals surface area contributed by atoms with Crippen LogP contribution in [0.5, 0.6) is 0 Å². The van der Waals surface area contributed by atoms with E-state index in [4.69, 9.17) is 5.11 Å². The van der Waals surface area contributed by atoms with Gasteiger partial charge in [-0.05, 0) is 23.6 Å². The number of carboxylic acid groups (broad SMARTS) is 1. The summed E-state index contributed by atoms with van der Waals surface area (Å²) in [4.78, 5) is 23.6. The summed E-state index contributed by atoms with van der Waals surface area (Å²) < 4.78 is 0. The van der Waals surface area contributed by atoms with Gasteiger partial charge in [0.25, 0.3) is 5.95 Å².